The van der Waals surface area contributed by atoms with E-state index in [-0.39, 0.29) is 17.2 Å². The molecular weight excluding hydrogens is 247 g/mol. The molecule has 0 saturated heterocycles. The number of hydrogen-bond donors (Lipinski definition) is 2. The molecule has 2 rings (SSSR count). The van der Waals surface area contributed by atoms with Crippen molar-refractivity contribution in [2.24, 2.45) is 5.92 Å². The van der Waals surface area contributed by atoms with Gasteiger partial charge in [-0.3, -0.25) is 0 Å². The molecule has 0 aromatic heterocycles. The highest BCUT2D eigenvalue weighted by atomic mass is 19.1. The van der Waals surface area contributed by atoms with Crippen molar-refractivity contribution in [3.05, 3.63) is 29.6 Å². The third-order valence-corrected chi connectivity index (χ3v) is 3.99. The molecule has 0 radical (unpaired) electrons. The third-order valence-electron chi connectivity index (χ3n) is 3.99. The van der Waals surface area contributed by atoms with Gasteiger partial charge in [-0.25, -0.2) is 4.39 Å². The maximum absolute atomic E-state index is 14.1. The van der Waals surface area contributed by atoms with E-state index in [1.807, 2.05) is 0 Å². The van der Waals surface area contributed by atoms with Crippen molar-refractivity contribution >= 4 is 0 Å². The first-order valence-corrected chi connectivity index (χ1v) is 6.83. The van der Waals surface area contributed by atoms with Crippen molar-refractivity contribution in [2.75, 3.05) is 7.11 Å². The van der Waals surface area contributed by atoms with Crippen LogP contribution in [0.2, 0.25) is 0 Å². The highest BCUT2D eigenvalue weighted by molar-refractivity contribution is 5.32. The molecule has 2 unspecified atom stereocenters. The summed E-state index contributed by atoms with van der Waals surface area (Å²) in [7, 11) is 1.38. The van der Waals surface area contributed by atoms with Crippen LogP contribution in [0.25, 0.3) is 0 Å². The normalized spacial score (nSPS) is 20.0. The summed E-state index contributed by atoms with van der Waals surface area (Å²) in [6.45, 7) is 0. The first kappa shape index (κ1) is 14.3. The highest BCUT2D eigenvalue weighted by Gasteiger charge is 2.30. The Morgan fingerprint density at radius 3 is 2.53 bits per heavy atom. The van der Waals surface area contributed by atoms with Crippen LogP contribution in [0, 0.1) is 11.7 Å². The second kappa shape index (κ2) is 6.35. The van der Waals surface area contributed by atoms with E-state index in [9.17, 15) is 14.6 Å². The molecule has 2 atom stereocenters. The SMILES string of the molecule is COc1cccc(C(O)C(O)C2CCCCC2)c1F. The predicted octanol–water partition coefficient (Wildman–Crippen LogP) is 2.81. The largest absolute Gasteiger partial charge is 0.494 e. The summed E-state index contributed by atoms with van der Waals surface area (Å²) in [6.07, 6.45) is 2.98. The lowest BCUT2D eigenvalue weighted by Gasteiger charge is -2.30. The summed E-state index contributed by atoms with van der Waals surface area (Å²) in [4.78, 5) is 0. The Bertz CT molecular complexity index is 416. The van der Waals surface area contributed by atoms with Gasteiger partial charge in [0, 0.05) is 5.56 Å². The highest BCUT2D eigenvalue weighted by Crippen LogP contribution is 2.34. The molecule has 0 bridgehead atoms. The van der Waals surface area contributed by atoms with Crippen LogP contribution < -0.4 is 4.74 Å². The monoisotopic (exact) mass is 268 g/mol. The molecule has 1 saturated carbocycles. The lowest BCUT2D eigenvalue weighted by atomic mass is 9.82. The van der Waals surface area contributed by atoms with E-state index in [1.165, 1.54) is 25.7 Å². The molecule has 1 aromatic rings. The Morgan fingerprint density at radius 2 is 1.89 bits per heavy atom. The van der Waals surface area contributed by atoms with Crippen molar-refractivity contribution in [2.45, 2.75) is 44.3 Å². The summed E-state index contributed by atoms with van der Waals surface area (Å²) in [6, 6.07) is 4.61. The standard InChI is InChI=1S/C15H21FO3/c1-19-12-9-5-8-11(13(12)16)15(18)14(17)10-6-3-2-4-7-10/h5,8-10,14-15,17-18H,2-4,6-7H2,1H3. The van der Waals surface area contributed by atoms with Crippen LogP contribution in [0.3, 0.4) is 0 Å². The number of hydrogen-bond acceptors (Lipinski definition) is 3. The zero-order chi connectivity index (χ0) is 13.8. The van der Waals surface area contributed by atoms with Crippen LogP contribution in [0.1, 0.15) is 43.8 Å². The summed E-state index contributed by atoms with van der Waals surface area (Å²) in [5.74, 6) is -0.450. The third kappa shape index (κ3) is 3.07. The first-order chi connectivity index (χ1) is 9.15. The maximum atomic E-state index is 14.1. The van der Waals surface area contributed by atoms with E-state index in [0.29, 0.717) is 0 Å². The molecule has 19 heavy (non-hydrogen) atoms. The van der Waals surface area contributed by atoms with E-state index < -0.39 is 18.0 Å². The summed E-state index contributed by atoms with van der Waals surface area (Å²) in [5, 5.41) is 20.4. The minimum absolute atomic E-state index is 0.0503. The average molecular weight is 268 g/mol. The van der Waals surface area contributed by atoms with E-state index in [2.05, 4.69) is 0 Å². The smallest absolute Gasteiger partial charge is 0.170 e. The molecule has 2 N–H and O–H groups in total. The Labute approximate surface area is 113 Å². The fourth-order valence-corrected chi connectivity index (χ4v) is 2.83. The van der Waals surface area contributed by atoms with Gasteiger partial charge in [0.2, 0.25) is 0 Å². The van der Waals surface area contributed by atoms with Gasteiger partial charge in [-0.05, 0) is 24.8 Å². The van der Waals surface area contributed by atoms with Crippen molar-refractivity contribution in [1.29, 1.82) is 0 Å². The van der Waals surface area contributed by atoms with Crippen LogP contribution in [0.4, 0.5) is 4.39 Å². The Hall–Kier alpha value is -1.13. The second-order valence-corrected chi connectivity index (χ2v) is 5.20. The summed E-state index contributed by atoms with van der Waals surface area (Å²) < 4.78 is 18.9. The Kier molecular flexibility index (Phi) is 4.77. The van der Waals surface area contributed by atoms with E-state index in [0.717, 1.165) is 25.7 Å². The molecule has 1 aliphatic rings. The van der Waals surface area contributed by atoms with Gasteiger partial charge in [0.1, 0.15) is 6.10 Å². The number of methoxy groups -OCH3 is 1. The van der Waals surface area contributed by atoms with Crippen LogP contribution in [0.5, 0.6) is 5.75 Å². The predicted molar refractivity (Wildman–Crippen MR) is 70.5 cm³/mol. The van der Waals surface area contributed by atoms with Gasteiger partial charge >= 0.3 is 0 Å². The summed E-state index contributed by atoms with van der Waals surface area (Å²) in [5.41, 5.74) is 0.109. The van der Waals surface area contributed by atoms with Crippen LogP contribution in [0.15, 0.2) is 18.2 Å². The van der Waals surface area contributed by atoms with Crippen molar-refractivity contribution < 1.29 is 19.3 Å². The average Bonchev–Trinajstić information content (AvgIpc) is 2.47. The van der Waals surface area contributed by atoms with E-state index >= 15 is 0 Å². The van der Waals surface area contributed by atoms with Crippen molar-refractivity contribution in [3.63, 3.8) is 0 Å². The molecule has 106 valence electrons. The van der Waals surface area contributed by atoms with Gasteiger partial charge < -0.3 is 14.9 Å². The molecule has 3 nitrogen and oxygen atoms in total. The van der Waals surface area contributed by atoms with E-state index in [4.69, 9.17) is 4.74 Å². The van der Waals surface area contributed by atoms with Gasteiger partial charge in [-0.2, -0.15) is 0 Å². The van der Waals surface area contributed by atoms with Gasteiger partial charge in [0.15, 0.2) is 11.6 Å². The maximum Gasteiger partial charge on any atom is 0.170 e. The Balaban J connectivity index is 2.16. The molecule has 0 aliphatic heterocycles. The molecule has 0 amide bonds. The Morgan fingerprint density at radius 1 is 1.21 bits per heavy atom. The van der Waals surface area contributed by atoms with Gasteiger partial charge in [-0.1, -0.05) is 31.4 Å². The number of aliphatic hydroxyl groups is 2. The number of ether oxygens (including phenoxy) is 1. The lowest BCUT2D eigenvalue weighted by Crippen LogP contribution is -2.29. The number of halogens is 1. The molecular formula is C15H21FO3. The molecule has 4 heteroatoms. The van der Waals surface area contributed by atoms with Gasteiger partial charge in [-0.15, -0.1) is 0 Å². The minimum atomic E-state index is -1.20. The molecule has 0 heterocycles. The first-order valence-electron chi connectivity index (χ1n) is 6.83. The topological polar surface area (TPSA) is 49.7 Å². The minimum Gasteiger partial charge on any atom is -0.494 e. The molecule has 1 fully saturated rings. The van der Waals surface area contributed by atoms with Crippen LogP contribution in [-0.2, 0) is 0 Å². The number of rotatable bonds is 4. The van der Waals surface area contributed by atoms with Gasteiger partial charge in [0.05, 0.1) is 13.2 Å². The molecule has 0 spiro atoms. The van der Waals surface area contributed by atoms with E-state index in [1.54, 1.807) is 6.07 Å². The van der Waals surface area contributed by atoms with Crippen molar-refractivity contribution in [3.8, 4) is 5.75 Å². The number of benzene rings is 1. The fourth-order valence-electron chi connectivity index (χ4n) is 2.83. The second-order valence-electron chi connectivity index (χ2n) is 5.20. The lowest BCUT2D eigenvalue weighted by molar-refractivity contribution is -0.0302. The van der Waals surface area contributed by atoms with Gasteiger partial charge in [0.25, 0.3) is 0 Å². The fraction of sp³-hybridized carbons (Fsp3) is 0.600. The molecule has 1 aliphatic carbocycles. The van der Waals surface area contributed by atoms with Crippen molar-refractivity contribution in [1.82, 2.24) is 0 Å². The number of aliphatic hydroxyl groups excluding tert-OH is 2. The molecule has 1 aromatic carbocycles. The van der Waals surface area contributed by atoms with Crippen LogP contribution >= 0.6 is 0 Å². The van der Waals surface area contributed by atoms with Crippen LogP contribution in [-0.4, -0.2) is 23.4 Å². The summed E-state index contributed by atoms with van der Waals surface area (Å²) >= 11 is 0. The quantitative estimate of drug-likeness (QED) is 0.882. The zero-order valence-corrected chi connectivity index (χ0v) is 11.2. The zero-order valence-electron chi connectivity index (χ0n) is 11.2.